The molecule has 1 rings (SSSR count). The van der Waals surface area contributed by atoms with Crippen LogP contribution >= 0.6 is 0 Å². The standard InChI is InChI=1S/C14H21O2/c1-5-16-12-6-7-13(10(2)3)14(8-12)11(4)9-15/h6-8,10,15H,5,9H2,1-4H3. The molecule has 0 aliphatic carbocycles. The molecule has 1 radical (unpaired) electrons. The molecule has 0 spiro atoms. The van der Waals surface area contributed by atoms with E-state index in [1.165, 1.54) is 5.56 Å². The molecule has 89 valence electrons. The fourth-order valence-electron chi connectivity index (χ4n) is 1.75. The van der Waals surface area contributed by atoms with Gasteiger partial charge in [0.1, 0.15) is 5.75 Å². The smallest absolute Gasteiger partial charge is 0.119 e. The number of rotatable bonds is 5. The fourth-order valence-corrected chi connectivity index (χ4v) is 1.75. The van der Waals surface area contributed by atoms with Gasteiger partial charge in [0.2, 0.25) is 0 Å². The van der Waals surface area contributed by atoms with Gasteiger partial charge in [0.15, 0.2) is 0 Å². The normalized spacial score (nSPS) is 11.2. The van der Waals surface area contributed by atoms with Gasteiger partial charge < -0.3 is 9.84 Å². The average Bonchev–Trinajstić information content (AvgIpc) is 2.28. The summed E-state index contributed by atoms with van der Waals surface area (Å²) in [5.41, 5.74) is 2.37. The third-order valence-electron chi connectivity index (χ3n) is 2.65. The summed E-state index contributed by atoms with van der Waals surface area (Å²) in [6, 6.07) is 6.10. The molecule has 0 fully saturated rings. The lowest BCUT2D eigenvalue weighted by Gasteiger charge is -2.18. The van der Waals surface area contributed by atoms with Crippen LogP contribution in [0.1, 0.15) is 44.7 Å². The van der Waals surface area contributed by atoms with Gasteiger partial charge in [0.05, 0.1) is 13.2 Å². The van der Waals surface area contributed by atoms with Crippen molar-refractivity contribution in [2.45, 2.75) is 33.6 Å². The molecule has 0 saturated heterocycles. The van der Waals surface area contributed by atoms with Crippen molar-refractivity contribution in [2.75, 3.05) is 13.2 Å². The van der Waals surface area contributed by atoms with E-state index < -0.39 is 0 Å². The number of ether oxygens (including phenoxy) is 1. The highest BCUT2D eigenvalue weighted by atomic mass is 16.5. The van der Waals surface area contributed by atoms with E-state index in [1.54, 1.807) is 0 Å². The molecular formula is C14H21O2. The van der Waals surface area contributed by atoms with Crippen LogP contribution in [0.3, 0.4) is 0 Å². The number of hydrogen-bond donors (Lipinski definition) is 1. The first-order chi connectivity index (χ1) is 7.60. The Kier molecular flexibility index (Phi) is 4.81. The molecule has 1 N–H and O–H groups in total. The second-order valence-corrected chi connectivity index (χ2v) is 4.28. The van der Waals surface area contributed by atoms with Gasteiger partial charge in [-0.15, -0.1) is 0 Å². The van der Waals surface area contributed by atoms with Crippen LogP contribution in [0.25, 0.3) is 0 Å². The molecule has 0 aliphatic rings. The van der Waals surface area contributed by atoms with E-state index in [0.29, 0.717) is 12.5 Å². The largest absolute Gasteiger partial charge is 0.494 e. The number of aliphatic hydroxyl groups is 1. The van der Waals surface area contributed by atoms with Gasteiger partial charge in [-0.2, -0.15) is 0 Å². The van der Waals surface area contributed by atoms with Crippen molar-refractivity contribution in [3.8, 4) is 5.75 Å². The summed E-state index contributed by atoms with van der Waals surface area (Å²) >= 11 is 0. The van der Waals surface area contributed by atoms with E-state index >= 15 is 0 Å². The van der Waals surface area contributed by atoms with Crippen molar-refractivity contribution in [3.63, 3.8) is 0 Å². The highest BCUT2D eigenvalue weighted by Gasteiger charge is 2.13. The van der Waals surface area contributed by atoms with Gasteiger partial charge >= 0.3 is 0 Å². The molecule has 2 nitrogen and oxygen atoms in total. The van der Waals surface area contributed by atoms with Crippen molar-refractivity contribution in [1.82, 2.24) is 0 Å². The molecular weight excluding hydrogens is 200 g/mol. The first-order valence-corrected chi connectivity index (χ1v) is 5.80. The van der Waals surface area contributed by atoms with Crippen molar-refractivity contribution in [1.29, 1.82) is 0 Å². The molecule has 1 aromatic carbocycles. The Labute approximate surface area is 98.3 Å². The first-order valence-electron chi connectivity index (χ1n) is 5.80. The number of aliphatic hydroxyl groups excluding tert-OH is 1. The molecule has 0 saturated carbocycles. The molecule has 0 aliphatic heterocycles. The van der Waals surface area contributed by atoms with E-state index in [4.69, 9.17) is 4.74 Å². The van der Waals surface area contributed by atoms with E-state index in [-0.39, 0.29) is 6.61 Å². The van der Waals surface area contributed by atoms with Crippen LogP contribution in [0.5, 0.6) is 5.75 Å². The lowest BCUT2D eigenvalue weighted by molar-refractivity contribution is 0.313. The molecule has 0 amide bonds. The van der Waals surface area contributed by atoms with Crippen molar-refractivity contribution in [2.24, 2.45) is 0 Å². The van der Waals surface area contributed by atoms with Crippen LogP contribution in [0.2, 0.25) is 0 Å². The Morgan fingerprint density at radius 3 is 2.56 bits per heavy atom. The fraction of sp³-hybridized carbons (Fsp3) is 0.500. The van der Waals surface area contributed by atoms with Gasteiger partial charge in [-0.1, -0.05) is 26.8 Å². The van der Waals surface area contributed by atoms with Gasteiger partial charge in [-0.05, 0) is 36.1 Å². The van der Waals surface area contributed by atoms with E-state index in [1.807, 2.05) is 26.0 Å². The highest BCUT2D eigenvalue weighted by Crippen LogP contribution is 2.29. The second kappa shape index (κ2) is 5.90. The van der Waals surface area contributed by atoms with Gasteiger partial charge in [-0.3, -0.25) is 0 Å². The summed E-state index contributed by atoms with van der Waals surface area (Å²) in [5.74, 6) is 2.31. The van der Waals surface area contributed by atoms with Gasteiger partial charge in [0.25, 0.3) is 0 Å². The van der Waals surface area contributed by atoms with E-state index in [0.717, 1.165) is 17.2 Å². The zero-order valence-corrected chi connectivity index (χ0v) is 10.6. The van der Waals surface area contributed by atoms with Crippen molar-refractivity contribution < 1.29 is 9.84 Å². The SMILES string of the molecule is CCOc1ccc(C(C)C)c([C](C)CO)c1. The molecule has 2 heteroatoms. The lowest BCUT2D eigenvalue weighted by atomic mass is 9.90. The zero-order chi connectivity index (χ0) is 12.1. The Morgan fingerprint density at radius 1 is 1.38 bits per heavy atom. The second-order valence-electron chi connectivity index (χ2n) is 4.28. The van der Waals surface area contributed by atoms with Crippen LogP contribution < -0.4 is 4.74 Å². The van der Waals surface area contributed by atoms with Crippen LogP contribution in [0.15, 0.2) is 18.2 Å². The summed E-state index contributed by atoms with van der Waals surface area (Å²) in [6.07, 6.45) is 0. The van der Waals surface area contributed by atoms with Crippen LogP contribution in [0.4, 0.5) is 0 Å². The minimum atomic E-state index is 0.0926. The predicted molar refractivity (Wildman–Crippen MR) is 66.8 cm³/mol. The third-order valence-corrected chi connectivity index (χ3v) is 2.65. The van der Waals surface area contributed by atoms with E-state index in [9.17, 15) is 5.11 Å². The summed E-state index contributed by atoms with van der Waals surface area (Å²) < 4.78 is 5.48. The Balaban J connectivity index is 3.10. The third kappa shape index (κ3) is 2.99. The molecule has 16 heavy (non-hydrogen) atoms. The quantitative estimate of drug-likeness (QED) is 0.827. The minimum absolute atomic E-state index is 0.0926. The Bertz CT molecular complexity index is 332. The summed E-state index contributed by atoms with van der Waals surface area (Å²) in [7, 11) is 0. The zero-order valence-electron chi connectivity index (χ0n) is 10.6. The predicted octanol–water partition coefficient (Wildman–Crippen LogP) is 3.14. The number of hydrogen-bond acceptors (Lipinski definition) is 2. The molecule has 0 heterocycles. The van der Waals surface area contributed by atoms with Crippen LogP contribution in [0, 0.1) is 5.92 Å². The van der Waals surface area contributed by atoms with Crippen molar-refractivity contribution >= 4 is 0 Å². The lowest BCUT2D eigenvalue weighted by Crippen LogP contribution is -2.06. The van der Waals surface area contributed by atoms with Crippen LogP contribution in [-0.4, -0.2) is 18.3 Å². The first kappa shape index (κ1) is 13.0. The molecule has 0 bridgehead atoms. The maximum absolute atomic E-state index is 9.24. The summed E-state index contributed by atoms with van der Waals surface area (Å²) in [5, 5.41) is 9.24. The minimum Gasteiger partial charge on any atom is -0.494 e. The monoisotopic (exact) mass is 221 g/mol. The molecule has 1 aromatic rings. The average molecular weight is 221 g/mol. The maximum atomic E-state index is 9.24. The molecule has 0 atom stereocenters. The Hall–Kier alpha value is -1.02. The van der Waals surface area contributed by atoms with Crippen molar-refractivity contribution in [3.05, 3.63) is 35.2 Å². The molecule has 0 aromatic heterocycles. The summed E-state index contributed by atoms with van der Waals surface area (Å²) in [4.78, 5) is 0. The van der Waals surface area contributed by atoms with E-state index in [2.05, 4.69) is 19.9 Å². The van der Waals surface area contributed by atoms with Crippen LogP contribution in [-0.2, 0) is 0 Å². The van der Waals surface area contributed by atoms with Gasteiger partial charge in [0, 0.05) is 5.92 Å². The Morgan fingerprint density at radius 2 is 2.06 bits per heavy atom. The summed E-state index contributed by atoms with van der Waals surface area (Å²) in [6.45, 7) is 9.00. The maximum Gasteiger partial charge on any atom is 0.119 e. The highest BCUT2D eigenvalue weighted by molar-refractivity contribution is 5.44. The topological polar surface area (TPSA) is 29.5 Å². The number of benzene rings is 1. The molecule has 0 unspecified atom stereocenters. The van der Waals surface area contributed by atoms with Gasteiger partial charge in [-0.25, -0.2) is 0 Å².